The van der Waals surface area contributed by atoms with E-state index in [2.05, 4.69) is 15.6 Å². The van der Waals surface area contributed by atoms with Gasteiger partial charge in [0.05, 0.1) is 0 Å². The van der Waals surface area contributed by atoms with Gasteiger partial charge in [0, 0.05) is 25.9 Å². The van der Waals surface area contributed by atoms with Crippen LogP contribution in [-0.2, 0) is 16.0 Å². The molecule has 0 aliphatic rings. The fraction of sp³-hybridized carbons (Fsp3) is 0.471. The minimum Gasteiger partial charge on any atom is -0.508 e. The first-order valence-electron chi connectivity index (χ1n) is 8.17. The number of carbonyl (C=O) groups is 2. The summed E-state index contributed by atoms with van der Waals surface area (Å²) in [7, 11) is 1.59. The van der Waals surface area contributed by atoms with Gasteiger partial charge in [-0.1, -0.05) is 19.1 Å². The molecule has 1 aromatic carbocycles. The van der Waals surface area contributed by atoms with Crippen molar-refractivity contribution in [1.82, 2.24) is 10.6 Å². The van der Waals surface area contributed by atoms with Gasteiger partial charge in [-0.3, -0.25) is 14.6 Å². The Morgan fingerprint density at radius 2 is 1.88 bits per heavy atom. The Hall–Kier alpha value is -2.77. The molecule has 2 atom stereocenters. The molecule has 0 heterocycles. The highest BCUT2D eigenvalue weighted by Crippen LogP contribution is 2.12. The largest absolute Gasteiger partial charge is 0.508 e. The van der Waals surface area contributed by atoms with Crippen molar-refractivity contribution in [2.45, 2.75) is 32.2 Å². The fourth-order valence-corrected chi connectivity index (χ4v) is 2.24. The zero-order chi connectivity index (χ0) is 18.8. The third-order valence-corrected chi connectivity index (χ3v) is 3.84. The monoisotopic (exact) mass is 349 g/mol. The maximum absolute atomic E-state index is 12.3. The lowest BCUT2D eigenvalue weighted by atomic mass is 10.0. The van der Waals surface area contributed by atoms with Gasteiger partial charge in [0.15, 0.2) is 5.96 Å². The summed E-state index contributed by atoms with van der Waals surface area (Å²) in [5, 5.41) is 14.9. The van der Waals surface area contributed by atoms with E-state index >= 15 is 0 Å². The molecule has 138 valence electrons. The molecule has 0 spiro atoms. The lowest BCUT2D eigenvalue weighted by Crippen LogP contribution is -2.47. The number of primary amides is 1. The topological polar surface area (TPSA) is 143 Å². The molecule has 7 N–H and O–H groups in total. The Kier molecular flexibility index (Phi) is 8.25. The SMILES string of the molecule is CN=C(N)NCCC[C@H](C)C(=O)NC(Cc1ccc(O)cc1)C(N)=O. The molecule has 25 heavy (non-hydrogen) atoms. The van der Waals surface area contributed by atoms with Crippen molar-refractivity contribution in [3.05, 3.63) is 29.8 Å². The van der Waals surface area contributed by atoms with Gasteiger partial charge in [-0.25, -0.2) is 0 Å². The molecule has 8 nitrogen and oxygen atoms in total. The zero-order valence-electron chi connectivity index (χ0n) is 14.7. The summed E-state index contributed by atoms with van der Waals surface area (Å²) in [5.41, 5.74) is 11.7. The fourth-order valence-electron chi connectivity index (χ4n) is 2.24. The van der Waals surface area contributed by atoms with Crippen molar-refractivity contribution >= 4 is 17.8 Å². The number of aliphatic imine (C=N–C) groups is 1. The van der Waals surface area contributed by atoms with Crippen molar-refractivity contribution < 1.29 is 14.7 Å². The zero-order valence-corrected chi connectivity index (χ0v) is 14.7. The number of amides is 2. The Balaban J connectivity index is 2.49. The Morgan fingerprint density at radius 1 is 1.24 bits per heavy atom. The Morgan fingerprint density at radius 3 is 2.44 bits per heavy atom. The van der Waals surface area contributed by atoms with Crippen LogP contribution < -0.4 is 22.1 Å². The number of hydrogen-bond donors (Lipinski definition) is 5. The van der Waals surface area contributed by atoms with Gasteiger partial charge in [-0.05, 0) is 30.5 Å². The van der Waals surface area contributed by atoms with Crippen LogP contribution in [0.2, 0.25) is 0 Å². The first-order chi connectivity index (χ1) is 11.8. The van der Waals surface area contributed by atoms with Crippen LogP contribution in [0.3, 0.4) is 0 Å². The van der Waals surface area contributed by atoms with Crippen LogP contribution in [0, 0.1) is 5.92 Å². The van der Waals surface area contributed by atoms with E-state index in [1.165, 1.54) is 12.1 Å². The maximum atomic E-state index is 12.3. The van der Waals surface area contributed by atoms with Crippen LogP contribution in [0.15, 0.2) is 29.3 Å². The number of benzene rings is 1. The summed E-state index contributed by atoms with van der Waals surface area (Å²) in [6.45, 7) is 2.42. The number of aromatic hydroxyl groups is 1. The van der Waals surface area contributed by atoms with Crippen molar-refractivity contribution in [2.75, 3.05) is 13.6 Å². The number of nitrogens with one attached hydrogen (secondary N) is 2. The molecule has 8 heteroatoms. The van der Waals surface area contributed by atoms with Gasteiger partial charge in [0.25, 0.3) is 0 Å². The van der Waals surface area contributed by atoms with Crippen molar-refractivity contribution in [3.8, 4) is 5.75 Å². The summed E-state index contributed by atoms with van der Waals surface area (Å²) in [5.74, 6) is -0.579. The minimum atomic E-state index is -0.791. The average molecular weight is 349 g/mol. The quantitative estimate of drug-likeness (QED) is 0.239. The van der Waals surface area contributed by atoms with E-state index in [0.717, 1.165) is 12.0 Å². The third-order valence-electron chi connectivity index (χ3n) is 3.84. The first-order valence-corrected chi connectivity index (χ1v) is 8.17. The van der Waals surface area contributed by atoms with E-state index < -0.39 is 11.9 Å². The van der Waals surface area contributed by atoms with Gasteiger partial charge in [-0.15, -0.1) is 0 Å². The van der Waals surface area contributed by atoms with Gasteiger partial charge < -0.3 is 27.2 Å². The highest BCUT2D eigenvalue weighted by molar-refractivity contribution is 5.87. The van der Waals surface area contributed by atoms with Gasteiger partial charge in [-0.2, -0.15) is 0 Å². The summed E-state index contributed by atoms with van der Waals surface area (Å²) >= 11 is 0. The van der Waals surface area contributed by atoms with Crippen LogP contribution >= 0.6 is 0 Å². The summed E-state index contributed by atoms with van der Waals surface area (Å²) in [4.78, 5) is 27.7. The van der Waals surface area contributed by atoms with E-state index in [1.807, 2.05) is 0 Å². The van der Waals surface area contributed by atoms with Gasteiger partial charge >= 0.3 is 0 Å². The Bertz CT molecular complexity index is 601. The predicted octanol–water partition coefficient (Wildman–Crippen LogP) is -0.145. The Labute approximate surface area is 147 Å². The van der Waals surface area contributed by atoms with E-state index in [9.17, 15) is 14.7 Å². The minimum absolute atomic E-state index is 0.138. The predicted molar refractivity (Wildman–Crippen MR) is 96.9 cm³/mol. The number of hydrogen-bond acceptors (Lipinski definition) is 4. The second-order valence-electron chi connectivity index (χ2n) is 5.91. The van der Waals surface area contributed by atoms with E-state index in [-0.39, 0.29) is 24.0 Å². The lowest BCUT2D eigenvalue weighted by molar-refractivity contribution is -0.129. The summed E-state index contributed by atoms with van der Waals surface area (Å²) in [6.07, 6.45) is 1.66. The first kappa shape index (κ1) is 20.3. The smallest absolute Gasteiger partial charge is 0.240 e. The van der Waals surface area contributed by atoms with Crippen molar-refractivity contribution in [3.63, 3.8) is 0 Å². The van der Waals surface area contributed by atoms with E-state index in [1.54, 1.807) is 26.1 Å². The molecule has 0 aliphatic heterocycles. The lowest BCUT2D eigenvalue weighted by Gasteiger charge is -2.19. The highest BCUT2D eigenvalue weighted by Gasteiger charge is 2.21. The molecule has 0 bridgehead atoms. The molecule has 0 saturated carbocycles. The van der Waals surface area contributed by atoms with Gasteiger partial charge in [0.1, 0.15) is 11.8 Å². The van der Waals surface area contributed by atoms with Gasteiger partial charge in [0.2, 0.25) is 11.8 Å². The summed E-state index contributed by atoms with van der Waals surface area (Å²) in [6, 6.07) is 5.63. The standard InChI is InChI=1S/C17H27N5O3/c1-11(4-3-9-21-17(19)20-2)16(25)22-14(15(18)24)10-12-5-7-13(23)8-6-12/h5-8,11,14,23H,3-4,9-10H2,1-2H3,(H2,18,24)(H,22,25)(H3,19,20,21)/t11-,14?/m0/s1. The number of carbonyl (C=O) groups excluding carboxylic acids is 2. The molecule has 1 aromatic rings. The molecule has 2 amide bonds. The average Bonchev–Trinajstić information content (AvgIpc) is 2.59. The van der Waals surface area contributed by atoms with Crippen LogP contribution in [0.25, 0.3) is 0 Å². The molecule has 0 fully saturated rings. The van der Waals surface area contributed by atoms with Crippen LogP contribution in [0.1, 0.15) is 25.3 Å². The molecule has 1 unspecified atom stereocenters. The molecular weight excluding hydrogens is 322 g/mol. The molecule has 0 radical (unpaired) electrons. The number of nitrogens with zero attached hydrogens (tertiary/aromatic N) is 1. The highest BCUT2D eigenvalue weighted by atomic mass is 16.3. The van der Waals surface area contributed by atoms with Crippen LogP contribution in [-0.4, -0.2) is 42.5 Å². The second kappa shape index (κ2) is 10.2. The number of guanidine groups is 1. The van der Waals surface area contributed by atoms with E-state index in [4.69, 9.17) is 11.5 Å². The molecule has 0 aromatic heterocycles. The normalized spacial score (nSPS) is 13.8. The maximum Gasteiger partial charge on any atom is 0.240 e. The molecule has 1 rings (SSSR count). The number of phenols is 1. The number of nitrogens with two attached hydrogens (primary N) is 2. The van der Waals surface area contributed by atoms with Crippen molar-refractivity contribution in [1.29, 1.82) is 0 Å². The van der Waals surface area contributed by atoms with Crippen LogP contribution in [0.4, 0.5) is 0 Å². The number of rotatable bonds is 9. The summed E-state index contributed by atoms with van der Waals surface area (Å²) < 4.78 is 0. The molecular formula is C17H27N5O3. The molecule has 0 saturated heterocycles. The second-order valence-corrected chi connectivity index (χ2v) is 5.91. The third kappa shape index (κ3) is 7.56. The van der Waals surface area contributed by atoms with Crippen molar-refractivity contribution in [2.24, 2.45) is 22.4 Å². The number of phenolic OH excluding ortho intramolecular Hbond substituents is 1. The molecule has 0 aliphatic carbocycles. The van der Waals surface area contributed by atoms with E-state index in [0.29, 0.717) is 18.9 Å². The van der Waals surface area contributed by atoms with Crippen LogP contribution in [0.5, 0.6) is 5.75 Å².